The fourth-order valence-corrected chi connectivity index (χ4v) is 1.93. The maximum atomic E-state index is 12.1. The van der Waals surface area contributed by atoms with Gasteiger partial charge in [0.25, 0.3) is 0 Å². The molecule has 0 saturated heterocycles. The lowest BCUT2D eigenvalue weighted by Gasteiger charge is -2.16. The van der Waals surface area contributed by atoms with Crippen LogP contribution in [0.2, 0.25) is 0 Å². The zero-order valence-corrected chi connectivity index (χ0v) is 12.2. The number of hydrogen-bond acceptors (Lipinski definition) is 4. The first-order valence-electron chi connectivity index (χ1n) is 6.67. The molecule has 0 spiro atoms. The van der Waals surface area contributed by atoms with Gasteiger partial charge in [0, 0.05) is 12.2 Å². The van der Waals surface area contributed by atoms with Crippen LogP contribution in [0.3, 0.4) is 0 Å². The van der Waals surface area contributed by atoms with Crippen LogP contribution in [0.1, 0.15) is 30.6 Å². The SMILES string of the molecule is COC(=O)c1ccc(NC(=O)C(CN)CC(C)C)cc1. The minimum atomic E-state index is -0.400. The maximum absolute atomic E-state index is 12.1. The van der Waals surface area contributed by atoms with E-state index in [2.05, 4.69) is 23.9 Å². The Morgan fingerprint density at radius 1 is 1.25 bits per heavy atom. The van der Waals surface area contributed by atoms with Crippen LogP contribution in [0.4, 0.5) is 5.69 Å². The van der Waals surface area contributed by atoms with E-state index in [1.54, 1.807) is 24.3 Å². The molecule has 0 aliphatic rings. The number of nitrogens with two attached hydrogens (primary N) is 1. The number of rotatable bonds is 6. The molecule has 1 aromatic carbocycles. The Labute approximate surface area is 119 Å². The van der Waals surface area contributed by atoms with Crippen molar-refractivity contribution in [2.45, 2.75) is 20.3 Å². The Morgan fingerprint density at radius 3 is 2.30 bits per heavy atom. The Bertz CT molecular complexity index is 455. The first kappa shape index (κ1) is 16.2. The molecule has 1 rings (SSSR count). The van der Waals surface area contributed by atoms with Gasteiger partial charge >= 0.3 is 5.97 Å². The van der Waals surface area contributed by atoms with Crippen molar-refractivity contribution in [1.82, 2.24) is 0 Å². The molecule has 0 heterocycles. The first-order chi connectivity index (χ1) is 9.47. The van der Waals surface area contributed by atoms with E-state index in [0.29, 0.717) is 23.7 Å². The van der Waals surface area contributed by atoms with Crippen molar-refractivity contribution in [3.63, 3.8) is 0 Å². The van der Waals surface area contributed by atoms with Gasteiger partial charge in [-0.3, -0.25) is 4.79 Å². The smallest absolute Gasteiger partial charge is 0.337 e. The average molecular weight is 278 g/mol. The second-order valence-corrected chi connectivity index (χ2v) is 5.12. The van der Waals surface area contributed by atoms with E-state index in [4.69, 9.17) is 5.73 Å². The minimum absolute atomic E-state index is 0.0907. The molecule has 1 amide bonds. The molecule has 0 aliphatic heterocycles. The normalized spacial score (nSPS) is 12.1. The molecule has 1 atom stereocenters. The summed E-state index contributed by atoms with van der Waals surface area (Å²) < 4.78 is 4.61. The Hall–Kier alpha value is -1.88. The van der Waals surface area contributed by atoms with Gasteiger partial charge < -0.3 is 15.8 Å². The van der Waals surface area contributed by atoms with Gasteiger partial charge in [0.1, 0.15) is 0 Å². The van der Waals surface area contributed by atoms with Crippen LogP contribution in [-0.4, -0.2) is 25.5 Å². The summed E-state index contributed by atoms with van der Waals surface area (Å²) in [6, 6.07) is 6.57. The van der Waals surface area contributed by atoms with E-state index in [9.17, 15) is 9.59 Å². The lowest BCUT2D eigenvalue weighted by atomic mass is 9.96. The topological polar surface area (TPSA) is 81.4 Å². The number of hydrogen-bond donors (Lipinski definition) is 2. The maximum Gasteiger partial charge on any atom is 0.337 e. The number of amides is 1. The fourth-order valence-electron chi connectivity index (χ4n) is 1.93. The third kappa shape index (κ3) is 4.66. The highest BCUT2D eigenvalue weighted by atomic mass is 16.5. The molecule has 0 aliphatic carbocycles. The molecule has 5 nitrogen and oxygen atoms in total. The molecule has 5 heteroatoms. The summed E-state index contributed by atoms with van der Waals surface area (Å²) in [6.07, 6.45) is 0.753. The third-order valence-corrected chi connectivity index (χ3v) is 2.98. The van der Waals surface area contributed by atoms with Crippen molar-refractivity contribution < 1.29 is 14.3 Å². The van der Waals surface area contributed by atoms with Crippen molar-refractivity contribution in [1.29, 1.82) is 0 Å². The monoisotopic (exact) mass is 278 g/mol. The van der Waals surface area contributed by atoms with Crippen molar-refractivity contribution in [2.75, 3.05) is 19.0 Å². The van der Waals surface area contributed by atoms with E-state index in [1.807, 2.05) is 0 Å². The van der Waals surface area contributed by atoms with Crippen LogP contribution in [0, 0.1) is 11.8 Å². The predicted molar refractivity (Wildman–Crippen MR) is 78.4 cm³/mol. The van der Waals surface area contributed by atoms with Gasteiger partial charge in [-0.05, 0) is 36.6 Å². The molecule has 1 unspecified atom stereocenters. The number of carbonyl (C=O) groups excluding carboxylic acids is 2. The lowest BCUT2D eigenvalue weighted by molar-refractivity contribution is -0.120. The molecule has 0 bridgehead atoms. The van der Waals surface area contributed by atoms with E-state index in [0.717, 1.165) is 6.42 Å². The van der Waals surface area contributed by atoms with E-state index >= 15 is 0 Å². The van der Waals surface area contributed by atoms with Crippen LogP contribution in [-0.2, 0) is 9.53 Å². The predicted octanol–water partition coefficient (Wildman–Crippen LogP) is 2.03. The second-order valence-electron chi connectivity index (χ2n) is 5.12. The van der Waals surface area contributed by atoms with Gasteiger partial charge in [-0.1, -0.05) is 13.8 Å². The second kappa shape index (κ2) is 7.65. The fraction of sp³-hybridized carbons (Fsp3) is 0.467. The van der Waals surface area contributed by atoms with Gasteiger partial charge in [0.2, 0.25) is 5.91 Å². The molecule has 110 valence electrons. The standard InChI is InChI=1S/C15H22N2O3/c1-10(2)8-12(9-16)14(18)17-13-6-4-11(5-7-13)15(19)20-3/h4-7,10,12H,8-9,16H2,1-3H3,(H,17,18). The first-order valence-corrected chi connectivity index (χ1v) is 6.67. The van der Waals surface area contributed by atoms with Gasteiger partial charge in [0.15, 0.2) is 0 Å². The van der Waals surface area contributed by atoms with Crippen LogP contribution >= 0.6 is 0 Å². The Kier molecular flexibility index (Phi) is 6.18. The van der Waals surface area contributed by atoms with Gasteiger partial charge in [0.05, 0.1) is 18.6 Å². The summed E-state index contributed by atoms with van der Waals surface area (Å²) >= 11 is 0. The summed E-state index contributed by atoms with van der Waals surface area (Å²) in [6.45, 7) is 4.44. The van der Waals surface area contributed by atoms with Gasteiger partial charge in [-0.15, -0.1) is 0 Å². The van der Waals surface area contributed by atoms with Crippen molar-refractivity contribution in [3.8, 4) is 0 Å². The largest absolute Gasteiger partial charge is 0.465 e. The number of methoxy groups -OCH3 is 1. The summed E-state index contributed by atoms with van der Waals surface area (Å²) in [5.41, 5.74) is 6.73. The molecular weight excluding hydrogens is 256 g/mol. The zero-order valence-electron chi connectivity index (χ0n) is 12.2. The number of nitrogens with one attached hydrogen (secondary N) is 1. The minimum Gasteiger partial charge on any atom is -0.465 e. The van der Waals surface area contributed by atoms with Gasteiger partial charge in [-0.2, -0.15) is 0 Å². The molecule has 0 saturated carbocycles. The Balaban J connectivity index is 2.68. The summed E-state index contributed by atoms with van der Waals surface area (Å²) in [5.74, 6) is -0.277. The number of carbonyl (C=O) groups is 2. The highest BCUT2D eigenvalue weighted by Crippen LogP contribution is 2.15. The highest BCUT2D eigenvalue weighted by Gasteiger charge is 2.18. The zero-order chi connectivity index (χ0) is 15.1. The third-order valence-electron chi connectivity index (χ3n) is 2.98. The molecular formula is C15H22N2O3. The van der Waals surface area contributed by atoms with Gasteiger partial charge in [-0.25, -0.2) is 4.79 Å². The summed E-state index contributed by atoms with van der Waals surface area (Å²) in [7, 11) is 1.33. The van der Waals surface area contributed by atoms with Crippen molar-refractivity contribution in [2.24, 2.45) is 17.6 Å². The number of benzene rings is 1. The summed E-state index contributed by atoms with van der Waals surface area (Å²) in [5, 5.41) is 2.81. The molecule has 0 radical (unpaired) electrons. The molecule has 0 aromatic heterocycles. The quantitative estimate of drug-likeness (QED) is 0.780. The van der Waals surface area contributed by atoms with Crippen molar-refractivity contribution in [3.05, 3.63) is 29.8 Å². The highest BCUT2D eigenvalue weighted by molar-refractivity contribution is 5.94. The number of esters is 1. The van der Waals surface area contributed by atoms with Crippen LogP contribution in [0.15, 0.2) is 24.3 Å². The lowest BCUT2D eigenvalue weighted by Crippen LogP contribution is -2.30. The van der Waals surface area contributed by atoms with Crippen LogP contribution in [0.25, 0.3) is 0 Å². The van der Waals surface area contributed by atoms with Crippen molar-refractivity contribution >= 4 is 17.6 Å². The Morgan fingerprint density at radius 2 is 1.85 bits per heavy atom. The van der Waals surface area contributed by atoms with Crippen LogP contribution < -0.4 is 11.1 Å². The molecule has 20 heavy (non-hydrogen) atoms. The van der Waals surface area contributed by atoms with E-state index < -0.39 is 5.97 Å². The summed E-state index contributed by atoms with van der Waals surface area (Å²) in [4.78, 5) is 23.4. The average Bonchev–Trinajstić information content (AvgIpc) is 2.44. The van der Waals surface area contributed by atoms with E-state index in [1.165, 1.54) is 7.11 Å². The molecule has 0 fully saturated rings. The molecule has 1 aromatic rings. The number of ether oxygens (including phenoxy) is 1. The number of anilines is 1. The van der Waals surface area contributed by atoms with E-state index in [-0.39, 0.29) is 11.8 Å². The van der Waals surface area contributed by atoms with Crippen LogP contribution in [0.5, 0.6) is 0 Å². The molecule has 3 N–H and O–H groups in total.